The van der Waals surface area contributed by atoms with Crippen molar-refractivity contribution in [3.8, 4) is 11.6 Å². The summed E-state index contributed by atoms with van der Waals surface area (Å²) in [7, 11) is 0. The second-order valence-electron chi connectivity index (χ2n) is 6.61. The zero-order chi connectivity index (χ0) is 19.5. The number of ether oxygens (including phenoxy) is 1. The van der Waals surface area contributed by atoms with Crippen LogP contribution in [0.2, 0.25) is 0 Å². The van der Waals surface area contributed by atoms with Crippen LogP contribution in [0, 0.1) is 0 Å². The van der Waals surface area contributed by atoms with Crippen molar-refractivity contribution >= 4 is 22.9 Å². The molecule has 2 amide bonds. The van der Waals surface area contributed by atoms with E-state index in [1.807, 2.05) is 60.7 Å². The maximum Gasteiger partial charge on any atom is 0.407 e. The lowest BCUT2D eigenvalue weighted by Gasteiger charge is -2.32. The van der Waals surface area contributed by atoms with Crippen LogP contribution in [-0.4, -0.2) is 51.5 Å². The van der Waals surface area contributed by atoms with E-state index >= 15 is 0 Å². The Hall–Kier alpha value is -3.61. The van der Waals surface area contributed by atoms with E-state index in [1.54, 1.807) is 4.90 Å². The summed E-state index contributed by atoms with van der Waals surface area (Å²) >= 11 is 0. The van der Waals surface area contributed by atoms with Gasteiger partial charge in [-0.3, -0.25) is 9.69 Å². The number of rotatable bonds is 4. The maximum absolute atomic E-state index is 12.2. The van der Waals surface area contributed by atoms with Crippen molar-refractivity contribution in [3.63, 3.8) is 0 Å². The third-order valence-electron chi connectivity index (χ3n) is 4.66. The number of para-hydroxylation sites is 1. The van der Waals surface area contributed by atoms with Crippen molar-refractivity contribution in [2.75, 3.05) is 19.6 Å². The van der Waals surface area contributed by atoms with Crippen LogP contribution in [0.5, 0.6) is 11.6 Å². The summed E-state index contributed by atoms with van der Waals surface area (Å²) < 4.78 is 5.77. The number of carbonyl (C=O) groups excluding carboxylic acids is 1. The molecule has 0 radical (unpaired) electrons. The first kappa shape index (κ1) is 17.8. The Bertz CT molecular complexity index is 1020. The number of nitrogens with zero attached hydrogens (tertiary/aromatic N) is 3. The Morgan fingerprint density at radius 2 is 1.89 bits per heavy atom. The smallest absolute Gasteiger partial charge is 0.407 e. The number of carbonyl (C=O) groups is 2. The molecule has 0 aliphatic carbocycles. The molecule has 7 heteroatoms. The van der Waals surface area contributed by atoms with E-state index in [0.717, 1.165) is 27.1 Å². The summed E-state index contributed by atoms with van der Waals surface area (Å²) in [6.07, 6.45) is -1.06. The van der Waals surface area contributed by atoms with Gasteiger partial charge >= 0.3 is 6.09 Å². The largest absolute Gasteiger partial charge is 0.465 e. The SMILES string of the molecule is O=C(O)N1CCN(Cc2ccc3nc(Oc4ccccc4)ccc3c2)C(=O)C1. The Balaban J connectivity index is 1.47. The molecular weight excluding hydrogens is 358 g/mol. The van der Waals surface area contributed by atoms with Crippen LogP contribution < -0.4 is 4.74 Å². The van der Waals surface area contributed by atoms with Gasteiger partial charge in [-0.05, 0) is 35.9 Å². The van der Waals surface area contributed by atoms with Crippen molar-refractivity contribution in [1.82, 2.24) is 14.8 Å². The van der Waals surface area contributed by atoms with Crippen molar-refractivity contribution in [2.24, 2.45) is 0 Å². The standard InChI is InChI=1S/C21H19N3O4/c25-20-14-24(21(26)27)11-10-23(20)13-15-6-8-18-16(12-15)7-9-19(22-18)28-17-4-2-1-3-5-17/h1-9,12H,10-11,13-14H2,(H,26,27). The second-order valence-corrected chi connectivity index (χ2v) is 6.61. The number of hydrogen-bond donors (Lipinski definition) is 1. The number of amides is 2. The maximum atomic E-state index is 12.2. The van der Waals surface area contributed by atoms with E-state index in [4.69, 9.17) is 9.84 Å². The molecule has 1 aromatic heterocycles. The van der Waals surface area contributed by atoms with E-state index in [9.17, 15) is 9.59 Å². The number of piperazine rings is 1. The van der Waals surface area contributed by atoms with Crippen LogP contribution in [-0.2, 0) is 11.3 Å². The molecule has 0 unspecified atom stereocenters. The lowest BCUT2D eigenvalue weighted by molar-refractivity contribution is -0.135. The molecule has 3 aromatic rings. The highest BCUT2D eigenvalue weighted by Crippen LogP contribution is 2.23. The fourth-order valence-corrected chi connectivity index (χ4v) is 3.18. The number of benzene rings is 2. The summed E-state index contributed by atoms with van der Waals surface area (Å²) in [5.41, 5.74) is 1.78. The van der Waals surface area contributed by atoms with Gasteiger partial charge in [-0.2, -0.15) is 0 Å². The van der Waals surface area contributed by atoms with Gasteiger partial charge in [0.05, 0.1) is 5.52 Å². The van der Waals surface area contributed by atoms with E-state index < -0.39 is 6.09 Å². The van der Waals surface area contributed by atoms with Crippen LogP contribution in [0.15, 0.2) is 60.7 Å². The van der Waals surface area contributed by atoms with Crippen molar-refractivity contribution in [3.05, 3.63) is 66.2 Å². The number of fused-ring (bicyclic) bond motifs is 1. The van der Waals surface area contributed by atoms with E-state index in [-0.39, 0.29) is 12.5 Å². The average molecular weight is 377 g/mol. The number of aromatic nitrogens is 1. The van der Waals surface area contributed by atoms with Crippen LogP contribution in [0.3, 0.4) is 0 Å². The molecule has 2 aromatic carbocycles. The highest BCUT2D eigenvalue weighted by Gasteiger charge is 2.26. The molecule has 1 N–H and O–H groups in total. The molecule has 0 saturated carbocycles. The van der Waals surface area contributed by atoms with Crippen LogP contribution in [0.25, 0.3) is 10.9 Å². The highest BCUT2D eigenvalue weighted by molar-refractivity contribution is 5.83. The molecule has 0 spiro atoms. The molecule has 4 rings (SSSR count). The third kappa shape index (κ3) is 3.88. The highest BCUT2D eigenvalue weighted by atomic mass is 16.5. The van der Waals surface area contributed by atoms with Crippen molar-refractivity contribution < 1.29 is 19.4 Å². The summed E-state index contributed by atoms with van der Waals surface area (Å²) in [6, 6.07) is 19.1. The van der Waals surface area contributed by atoms with Crippen LogP contribution in [0.1, 0.15) is 5.56 Å². The minimum absolute atomic E-state index is 0.0926. The molecule has 1 fully saturated rings. The van der Waals surface area contributed by atoms with Gasteiger partial charge in [0.25, 0.3) is 0 Å². The zero-order valence-corrected chi connectivity index (χ0v) is 15.1. The third-order valence-corrected chi connectivity index (χ3v) is 4.66. The van der Waals surface area contributed by atoms with Crippen LogP contribution in [0.4, 0.5) is 4.79 Å². The molecule has 1 saturated heterocycles. The lowest BCUT2D eigenvalue weighted by Crippen LogP contribution is -2.51. The minimum Gasteiger partial charge on any atom is -0.465 e. The molecule has 142 valence electrons. The predicted octanol–water partition coefficient (Wildman–Crippen LogP) is 3.35. The molecule has 0 bridgehead atoms. The summed E-state index contributed by atoms with van der Waals surface area (Å²) in [5, 5.41) is 9.96. The van der Waals surface area contributed by atoms with Crippen LogP contribution >= 0.6 is 0 Å². The second kappa shape index (κ2) is 7.56. The molecule has 2 heterocycles. The van der Waals surface area contributed by atoms with Gasteiger partial charge in [0, 0.05) is 31.1 Å². The summed E-state index contributed by atoms with van der Waals surface area (Å²) in [6.45, 7) is 1.08. The zero-order valence-electron chi connectivity index (χ0n) is 15.1. The topological polar surface area (TPSA) is 83.0 Å². The first-order valence-electron chi connectivity index (χ1n) is 8.97. The minimum atomic E-state index is -1.06. The first-order valence-corrected chi connectivity index (χ1v) is 8.97. The Labute approximate surface area is 161 Å². The van der Waals surface area contributed by atoms with Gasteiger partial charge in [-0.15, -0.1) is 0 Å². The fraction of sp³-hybridized carbons (Fsp3) is 0.190. The predicted molar refractivity (Wildman–Crippen MR) is 103 cm³/mol. The van der Waals surface area contributed by atoms with Crippen molar-refractivity contribution in [1.29, 1.82) is 0 Å². The molecule has 1 aliphatic heterocycles. The molecular formula is C21H19N3O4. The first-order chi connectivity index (χ1) is 13.6. The van der Waals surface area contributed by atoms with Gasteiger partial charge in [0.15, 0.2) is 0 Å². The van der Waals surface area contributed by atoms with Gasteiger partial charge in [0.2, 0.25) is 11.8 Å². The molecule has 0 atom stereocenters. The number of hydrogen-bond acceptors (Lipinski definition) is 4. The Kier molecular flexibility index (Phi) is 4.80. The quantitative estimate of drug-likeness (QED) is 0.754. The van der Waals surface area contributed by atoms with Gasteiger partial charge in [-0.25, -0.2) is 9.78 Å². The lowest BCUT2D eigenvalue weighted by atomic mass is 10.1. The van der Waals surface area contributed by atoms with E-state index in [0.29, 0.717) is 25.5 Å². The van der Waals surface area contributed by atoms with E-state index in [2.05, 4.69) is 4.98 Å². The number of carboxylic acid groups (broad SMARTS) is 1. The number of pyridine rings is 1. The Morgan fingerprint density at radius 1 is 1.07 bits per heavy atom. The molecule has 1 aliphatic rings. The van der Waals surface area contributed by atoms with Gasteiger partial charge in [-0.1, -0.05) is 24.3 Å². The Morgan fingerprint density at radius 3 is 2.64 bits per heavy atom. The van der Waals surface area contributed by atoms with Crippen molar-refractivity contribution in [2.45, 2.75) is 6.54 Å². The normalized spacial score (nSPS) is 14.4. The molecule has 28 heavy (non-hydrogen) atoms. The summed E-state index contributed by atoms with van der Waals surface area (Å²) in [5.74, 6) is 1.06. The average Bonchev–Trinajstić information content (AvgIpc) is 2.70. The van der Waals surface area contributed by atoms with Gasteiger partial charge < -0.3 is 14.7 Å². The van der Waals surface area contributed by atoms with Gasteiger partial charge in [0.1, 0.15) is 12.3 Å². The monoisotopic (exact) mass is 377 g/mol. The fourth-order valence-electron chi connectivity index (χ4n) is 3.18. The molecule has 7 nitrogen and oxygen atoms in total. The summed E-state index contributed by atoms with van der Waals surface area (Å²) in [4.78, 5) is 30.5. The van der Waals surface area contributed by atoms with E-state index in [1.165, 1.54) is 0 Å².